The summed E-state index contributed by atoms with van der Waals surface area (Å²) in [5, 5.41) is 35.3. The van der Waals surface area contributed by atoms with Crippen molar-refractivity contribution in [2.45, 2.75) is 193 Å². The van der Waals surface area contributed by atoms with Gasteiger partial charge in [-0.1, -0.05) is 52.3 Å². The lowest BCUT2D eigenvalue weighted by Gasteiger charge is -2.55. The number of carbonyl (C=O) groups is 5. The number of aliphatic hydroxyl groups is 3. The molecule has 11 atom stereocenters. The van der Waals surface area contributed by atoms with Crippen molar-refractivity contribution in [3.63, 3.8) is 0 Å². The zero-order valence-electron chi connectivity index (χ0n) is 39.6. The van der Waals surface area contributed by atoms with E-state index in [2.05, 4.69) is 0 Å². The maximum Gasteiger partial charge on any atom is 0.330 e. The highest BCUT2D eigenvalue weighted by Crippen LogP contribution is 2.52. The van der Waals surface area contributed by atoms with Gasteiger partial charge in [0.05, 0.1) is 68.1 Å². The summed E-state index contributed by atoms with van der Waals surface area (Å²) in [6.45, 7) is 15.4. The standard InChI is InChI=1S/C47H72O17/c1-13-14-37(50)62-41-29(21-39(52)57-11)20-32-24-35(27(2)48)60-40(53)23-30(49)22-33-25-36(61-42(54)43(3,4)5)45(8,9)46(58-12,63-33)26-34-18-28(19-38(51)56-10)17-31(59-34)15-16-44(6,7)47(41,55)64-32/h15-16,19,21,27,30-36,41,48-49,55H,13-14,17-18,20,22-26H2,1-12H3. The molecule has 0 amide bonds. The zero-order valence-corrected chi connectivity index (χ0v) is 39.6. The van der Waals surface area contributed by atoms with Crippen LogP contribution in [0.15, 0.2) is 35.5 Å². The number of rotatable bonds is 8. The molecule has 4 heterocycles. The largest absolute Gasteiger partial charge is 0.466 e. The van der Waals surface area contributed by atoms with Crippen molar-refractivity contribution in [3.05, 3.63) is 35.5 Å². The van der Waals surface area contributed by atoms with Gasteiger partial charge in [-0.25, -0.2) is 9.59 Å². The van der Waals surface area contributed by atoms with Gasteiger partial charge in [-0.05, 0) is 59.0 Å². The average Bonchev–Trinajstić information content (AvgIpc) is 3.19. The normalized spacial score (nSPS) is 35.3. The first-order valence-electron chi connectivity index (χ1n) is 22.2. The molecule has 64 heavy (non-hydrogen) atoms. The average molecular weight is 909 g/mol. The summed E-state index contributed by atoms with van der Waals surface area (Å²) in [6.07, 6.45) is -3.32. The predicted octanol–water partition coefficient (Wildman–Crippen LogP) is 4.85. The van der Waals surface area contributed by atoms with Gasteiger partial charge in [0.25, 0.3) is 0 Å². The van der Waals surface area contributed by atoms with Crippen molar-refractivity contribution in [2.24, 2.45) is 16.2 Å². The number of methoxy groups -OCH3 is 3. The highest BCUT2D eigenvalue weighted by atomic mass is 16.7. The van der Waals surface area contributed by atoms with E-state index in [9.17, 15) is 39.3 Å². The molecular formula is C47H72O17. The third kappa shape index (κ3) is 12.6. The first-order valence-corrected chi connectivity index (χ1v) is 22.2. The fraction of sp³-hybridized carbons (Fsp3) is 0.766. The molecule has 0 radical (unpaired) electrons. The van der Waals surface area contributed by atoms with Crippen LogP contribution in [0.25, 0.3) is 0 Å². The summed E-state index contributed by atoms with van der Waals surface area (Å²) in [7, 11) is 3.92. The summed E-state index contributed by atoms with van der Waals surface area (Å²) in [4.78, 5) is 65.7. The van der Waals surface area contributed by atoms with Gasteiger partial charge in [-0.15, -0.1) is 0 Å². The number of fused-ring (bicyclic) bond motifs is 6. The Balaban J connectivity index is 1.92. The molecule has 4 rings (SSSR count). The van der Waals surface area contributed by atoms with Crippen molar-refractivity contribution in [3.8, 4) is 0 Å². The van der Waals surface area contributed by atoms with E-state index in [0.29, 0.717) is 12.0 Å². The summed E-state index contributed by atoms with van der Waals surface area (Å²) in [5.41, 5.74) is -2.52. The van der Waals surface area contributed by atoms with Crippen LogP contribution in [0.5, 0.6) is 0 Å². The second kappa shape index (κ2) is 21.3. The Labute approximate surface area is 377 Å². The van der Waals surface area contributed by atoms with Crippen LogP contribution in [0, 0.1) is 16.2 Å². The Morgan fingerprint density at radius 2 is 1.55 bits per heavy atom. The number of carbonyl (C=O) groups excluding carboxylic acids is 5. The third-order valence-corrected chi connectivity index (χ3v) is 12.8. The SMILES string of the molecule is CCCC(=O)OC1C(=CC(=O)OC)CC2CC(C(C)O)OC(=O)CC(O)CC3CC(OC(=O)C(C)(C)C)C(C)(C)C(OC)(CC4CC(=CC(=O)OC)CC(C=CC(C)(C)C1(O)O2)O4)O3. The minimum Gasteiger partial charge on any atom is -0.466 e. The number of hydrogen-bond acceptors (Lipinski definition) is 17. The molecule has 6 bridgehead atoms. The van der Waals surface area contributed by atoms with E-state index in [1.54, 1.807) is 53.7 Å². The first-order chi connectivity index (χ1) is 29.7. The van der Waals surface area contributed by atoms with E-state index in [0.717, 1.165) is 6.08 Å². The Kier molecular flexibility index (Phi) is 17.6. The van der Waals surface area contributed by atoms with Gasteiger partial charge < -0.3 is 58.0 Å². The molecule has 3 N–H and O–H groups in total. The molecule has 0 aromatic rings. The molecule has 0 aromatic carbocycles. The molecule has 4 aliphatic rings. The minimum atomic E-state index is -2.40. The number of hydrogen-bond donors (Lipinski definition) is 3. The van der Waals surface area contributed by atoms with Crippen LogP contribution < -0.4 is 0 Å². The van der Waals surface area contributed by atoms with Crippen molar-refractivity contribution in [2.75, 3.05) is 21.3 Å². The lowest BCUT2D eigenvalue weighted by molar-refractivity contribution is -0.359. The van der Waals surface area contributed by atoms with Gasteiger partial charge in [-0.3, -0.25) is 14.4 Å². The molecule has 3 fully saturated rings. The van der Waals surface area contributed by atoms with Gasteiger partial charge >= 0.3 is 29.8 Å². The second-order valence-corrected chi connectivity index (χ2v) is 19.7. The monoisotopic (exact) mass is 908 g/mol. The van der Waals surface area contributed by atoms with Crippen molar-refractivity contribution in [1.29, 1.82) is 0 Å². The quantitative estimate of drug-likeness (QED) is 0.128. The van der Waals surface area contributed by atoms with E-state index in [1.807, 2.05) is 13.8 Å². The molecule has 17 heteroatoms. The van der Waals surface area contributed by atoms with Crippen LogP contribution in [0.1, 0.15) is 127 Å². The summed E-state index contributed by atoms with van der Waals surface area (Å²) < 4.78 is 54.2. The molecule has 0 aliphatic carbocycles. The smallest absolute Gasteiger partial charge is 0.330 e. The topological polar surface area (TPSA) is 229 Å². The highest BCUT2D eigenvalue weighted by Gasteiger charge is 2.60. The van der Waals surface area contributed by atoms with Crippen molar-refractivity contribution < 1.29 is 81.9 Å². The number of aliphatic hydroxyl groups excluding tert-OH is 2. The van der Waals surface area contributed by atoms with E-state index in [1.165, 1.54) is 34.3 Å². The Morgan fingerprint density at radius 1 is 0.891 bits per heavy atom. The number of esters is 5. The molecule has 3 saturated heterocycles. The number of cyclic esters (lactones) is 1. The lowest BCUT2D eigenvalue weighted by Crippen LogP contribution is -2.63. The van der Waals surface area contributed by atoms with Gasteiger partial charge in [0, 0.05) is 56.8 Å². The van der Waals surface area contributed by atoms with E-state index < -0.39 is 119 Å². The van der Waals surface area contributed by atoms with E-state index in [-0.39, 0.29) is 56.9 Å². The van der Waals surface area contributed by atoms with Crippen molar-refractivity contribution in [1.82, 2.24) is 0 Å². The number of ether oxygens (including phenoxy) is 9. The van der Waals surface area contributed by atoms with E-state index >= 15 is 0 Å². The van der Waals surface area contributed by atoms with Crippen LogP contribution in [-0.4, -0.2) is 133 Å². The Morgan fingerprint density at radius 3 is 2.14 bits per heavy atom. The summed E-state index contributed by atoms with van der Waals surface area (Å²) in [5.74, 6) is -7.25. The summed E-state index contributed by atoms with van der Waals surface area (Å²) >= 11 is 0. The van der Waals surface area contributed by atoms with Crippen LogP contribution in [0.4, 0.5) is 0 Å². The Hall–Kier alpha value is -3.71. The lowest BCUT2D eigenvalue weighted by atomic mass is 9.70. The molecule has 362 valence electrons. The molecule has 11 unspecified atom stereocenters. The second-order valence-electron chi connectivity index (χ2n) is 19.7. The fourth-order valence-electron chi connectivity index (χ4n) is 8.81. The van der Waals surface area contributed by atoms with Crippen LogP contribution in [0.3, 0.4) is 0 Å². The Bertz CT molecular complexity index is 1770. The molecule has 0 saturated carbocycles. The van der Waals surface area contributed by atoms with Gasteiger partial charge in [-0.2, -0.15) is 0 Å². The van der Waals surface area contributed by atoms with Crippen LogP contribution in [-0.2, 0) is 66.6 Å². The molecular weight excluding hydrogens is 836 g/mol. The van der Waals surface area contributed by atoms with Gasteiger partial charge in [0.15, 0.2) is 11.9 Å². The molecule has 0 aromatic heterocycles. The molecule has 0 spiro atoms. The fourth-order valence-corrected chi connectivity index (χ4v) is 8.81. The van der Waals surface area contributed by atoms with Crippen molar-refractivity contribution >= 4 is 29.8 Å². The first kappa shape index (κ1) is 52.9. The van der Waals surface area contributed by atoms with Crippen LogP contribution in [0.2, 0.25) is 0 Å². The highest BCUT2D eigenvalue weighted by molar-refractivity contribution is 5.83. The van der Waals surface area contributed by atoms with Crippen LogP contribution >= 0.6 is 0 Å². The maximum absolute atomic E-state index is 13.6. The van der Waals surface area contributed by atoms with Gasteiger partial charge in [0.2, 0.25) is 5.79 Å². The minimum absolute atomic E-state index is 0.000292. The molecule has 17 nitrogen and oxygen atoms in total. The maximum atomic E-state index is 13.6. The molecule has 4 aliphatic heterocycles. The van der Waals surface area contributed by atoms with E-state index in [4.69, 9.17) is 42.6 Å². The zero-order chi connectivity index (χ0) is 48.0. The predicted molar refractivity (Wildman–Crippen MR) is 229 cm³/mol. The third-order valence-electron chi connectivity index (χ3n) is 12.8. The van der Waals surface area contributed by atoms with Gasteiger partial charge in [0.1, 0.15) is 12.2 Å². The summed E-state index contributed by atoms with van der Waals surface area (Å²) in [6, 6.07) is 0.